The minimum atomic E-state index is -4.45. The number of amides is 1. The van der Waals surface area contributed by atoms with Crippen molar-refractivity contribution >= 4 is 17.5 Å². The number of halogens is 5. The number of carbonyl (C=O) groups excluding carboxylic acids is 1. The number of hydrogen-bond donors (Lipinski definition) is 1. The van der Waals surface area contributed by atoms with Crippen LogP contribution in [-0.4, -0.2) is 15.8 Å². The number of nitrogens with one attached hydrogen (secondary N) is 1. The van der Waals surface area contributed by atoms with Crippen molar-refractivity contribution in [3.05, 3.63) is 124 Å². The van der Waals surface area contributed by atoms with Gasteiger partial charge >= 0.3 is 6.18 Å². The van der Waals surface area contributed by atoms with Crippen molar-refractivity contribution in [1.29, 1.82) is 0 Å². The number of rotatable bonds is 9. The highest BCUT2D eigenvalue weighted by Gasteiger charge is 2.30. The number of aromatic nitrogens is 1. The van der Waals surface area contributed by atoms with Crippen LogP contribution in [0.2, 0.25) is 5.02 Å². The fourth-order valence-electron chi connectivity index (χ4n) is 3.67. The minimum Gasteiger partial charge on any atom is -0.447 e. The number of nitrogens with zero attached hydrogens (tertiary/aromatic N) is 2. The maximum Gasteiger partial charge on any atom is 0.416 e. The molecule has 0 aliphatic heterocycles. The molecule has 1 aromatic heterocycles. The maximum absolute atomic E-state index is 13.2. The van der Waals surface area contributed by atoms with Crippen molar-refractivity contribution in [3.63, 3.8) is 0 Å². The van der Waals surface area contributed by atoms with E-state index in [1.54, 1.807) is 30.3 Å². The second-order valence-electron chi connectivity index (χ2n) is 8.41. The average Bonchev–Trinajstić information content (AvgIpc) is 3.33. The van der Waals surface area contributed by atoms with E-state index in [4.69, 9.17) is 16.0 Å². The molecular formula is C27H22ClF4N3O2. The molecule has 37 heavy (non-hydrogen) atoms. The Hall–Kier alpha value is -3.69. The van der Waals surface area contributed by atoms with Crippen LogP contribution >= 0.6 is 11.6 Å². The van der Waals surface area contributed by atoms with Crippen LogP contribution in [0.4, 0.5) is 17.6 Å². The summed E-state index contributed by atoms with van der Waals surface area (Å²) in [5, 5.41) is 3.26. The van der Waals surface area contributed by atoms with Crippen LogP contribution in [0.15, 0.2) is 83.5 Å². The van der Waals surface area contributed by atoms with Crippen molar-refractivity contribution in [2.75, 3.05) is 0 Å². The van der Waals surface area contributed by atoms with Crippen LogP contribution in [0.25, 0.3) is 0 Å². The summed E-state index contributed by atoms with van der Waals surface area (Å²) >= 11 is 5.97. The highest BCUT2D eigenvalue weighted by molar-refractivity contribution is 6.30. The van der Waals surface area contributed by atoms with Crippen molar-refractivity contribution in [3.8, 4) is 0 Å². The zero-order chi connectivity index (χ0) is 26.4. The van der Waals surface area contributed by atoms with E-state index in [0.29, 0.717) is 22.7 Å². The third-order valence-electron chi connectivity index (χ3n) is 5.49. The Bertz CT molecular complexity index is 1340. The first-order chi connectivity index (χ1) is 17.7. The first-order valence-electron chi connectivity index (χ1n) is 11.3. The molecule has 1 N–H and O–H groups in total. The lowest BCUT2D eigenvalue weighted by Crippen LogP contribution is -2.24. The van der Waals surface area contributed by atoms with Gasteiger partial charge in [0.1, 0.15) is 12.1 Å². The molecule has 10 heteroatoms. The van der Waals surface area contributed by atoms with E-state index < -0.39 is 17.6 Å². The van der Waals surface area contributed by atoms with Crippen LogP contribution in [0.3, 0.4) is 0 Å². The molecule has 3 aromatic carbocycles. The summed E-state index contributed by atoms with van der Waals surface area (Å²) in [7, 11) is 0. The SMILES string of the molecule is O=C(NCc1ccc(F)cc1)c1coc(CN(Cc2ccc(Cl)cc2)Cc2cccc(C(F)(F)F)c2)n1. The fourth-order valence-corrected chi connectivity index (χ4v) is 3.80. The zero-order valence-corrected chi connectivity index (χ0v) is 20.2. The Kier molecular flexibility index (Phi) is 8.25. The lowest BCUT2D eigenvalue weighted by Gasteiger charge is -2.21. The van der Waals surface area contributed by atoms with E-state index in [1.165, 1.54) is 24.5 Å². The molecule has 5 nitrogen and oxygen atoms in total. The highest BCUT2D eigenvalue weighted by atomic mass is 35.5. The van der Waals surface area contributed by atoms with Gasteiger partial charge in [-0.2, -0.15) is 13.2 Å². The van der Waals surface area contributed by atoms with Crippen molar-refractivity contribution in [2.45, 2.75) is 32.4 Å². The van der Waals surface area contributed by atoms with Crippen LogP contribution in [0.5, 0.6) is 0 Å². The van der Waals surface area contributed by atoms with Gasteiger partial charge in [-0.05, 0) is 47.0 Å². The summed E-state index contributed by atoms with van der Waals surface area (Å²) in [4.78, 5) is 18.6. The Morgan fingerprint density at radius 1 is 0.919 bits per heavy atom. The van der Waals surface area contributed by atoms with Crippen molar-refractivity contribution < 1.29 is 26.8 Å². The molecule has 1 amide bonds. The predicted molar refractivity (Wildman–Crippen MR) is 130 cm³/mol. The lowest BCUT2D eigenvalue weighted by atomic mass is 10.1. The summed E-state index contributed by atoms with van der Waals surface area (Å²) < 4.78 is 58.1. The van der Waals surface area contributed by atoms with Gasteiger partial charge in [0.05, 0.1) is 12.1 Å². The van der Waals surface area contributed by atoms with Gasteiger partial charge in [-0.15, -0.1) is 0 Å². The number of oxazole rings is 1. The molecule has 0 spiro atoms. The minimum absolute atomic E-state index is 0.0580. The van der Waals surface area contributed by atoms with Crippen molar-refractivity contribution in [1.82, 2.24) is 15.2 Å². The molecule has 0 aliphatic rings. The Labute approximate surface area is 215 Å². The number of hydrogen-bond acceptors (Lipinski definition) is 4. The third-order valence-corrected chi connectivity index (χ3v) is 5.74. The summed E-state index contributed by atoms with van der Waals surface area (Å²) in [6.07, 6.45) is -3.23. The van der Waals surface area contributed by atoms with Gasteiger partial charge in [0.2, 0.25) is 5.89 Å². The third kappa shape index (κ3) is 7.65. The smallest absolute Gasteiger partial charge is 0.416 e. The topological polar surface area (TPSA) is 58.4 Å². The van der Waals surface area contributed by atoms with E-state index in [1.807, 2.05) is 17.0 Å². The summed E-state index contributed by atoms with van der Waals surface area (Å²) in [6.45, 7) is 0.882. The Morgan fingerprint density at radius 3 is 2.30 bits per heavy atom. The van der Waals surface area contributed by atoms with Gasteiger partial charge < -0.3 is 9.73 Å². The molecular weight excluding hydrogens is 510 g/mol. The lowest BCUT2D eigenvalue weighted by molar-refractivity contribution is -0.137. The number of benzene rings is 3. The van der Waals surface area contributed by atoms with Gasteiger partial charge in [0.15, 0.2) is 5.69 Å². The van der Waals surface area contributed by atoms with Crippen LogP contribution in [0, 0.1) is 5.82 Å². The van der Waals surface area contributed by atoms with Gasteiger partial charge in [-0.3, -0.25) is 9.69 Å². The van der Waals surface area contributed by atoms with Crippen LogP contribution < -0.4 is 5.32 Å². The largest absolute Gasteiger partial charge is 0.447 e. The monoisotopic (exact) mass is 531 g/mol. The molecule has 192 valence electrons. The molecule has 0 bridgehead atoms. The second kappa shape index (κ2) is 11.6. The summed E-state index contributed by atoms with van der Waals surface area (Å²) in [6, 6.07) is 18.0. The molecule has 0 unspecified atom stereocenters. The molecule has 0 fully saturated rings. The van der Waals surface area contributed by atoms with Crippen LogP contribution in [-0.2, 0) is 32.4 Å². The molecule has 0 saturated heterocycles. The molecule has 0 saturated carbocycles. The summed E-state index contributed by atoms with van der Waals surface area (Å²) in [5.41, 5.74) is 1.40. The van der Waals surface area contributed by atoms with E-state index in [-0.39, 0.29) is 37.0 Å². The van der Waals surface area contributed by atoms with E-state index in [2.05, 4.69) is 10.3 Å². The molecule has 0 radical (unpaired) electrons. The number of carbonyl (C=O) groups is 1. The maximum atomic E-state index is 13.2. The molecule has 1 heterocycles. The van der Waals surface area contributed by atoms with Crippen molar-refractivity contribution in [2.24, 2.45) is 0 Å². The quantitative estimate of drug-likeness (QED) is 0.247. The summed E-state index contributed by atoms with van der Waals surface area (Å²) in [5.74, 6) is -0.612. The second-order valence-corrected chi connectivity index (χ2v) is 8.84. The Balaban J connectivity index is 1.46. The van der Waals surface area contributed by atoms with E-state index in [0.717, 1.165) is 17.7 Å². The first kappa shape index (κ1) is 26.4. The molecule has 4 aromatic rings. The fraction of sp³-hybridized carbons (Fsp3) is 0.185. The van der Waals surface area contributed by atoms with Gasteiger partial charge in [0, 0.05) is 24.7 Å². The van der Waals surface area contributed by atoms with E-state index >= 15 is 0 Å². The molecule has 0 aliphatic carbocycles. The Morgan fingerprint density at radius 2 is 1.59 bits per heavy atom. The van der Waals surface area contributed by atoms with Gasteiger partial charge in [-0.25, -0.2) is 9.37 Å². The first-order valence-corrected chi connectivity index (χ1v) is 11.6. The van der Waals surface area contributed by atoms with Gasteiger partial charge in [-0.1, -0.05) is 54.1 Å². The standard InChI is InChI=1S/C27H22ClF4N3O2/c28-22-8-4-19(5-9-22)14-35(15-20-2-1-3-21(12-20)27(30,31)32)16-25-34-24(17-37-25)26(36)33-13-18-6-10-23(29)11-7-18/h1-12,17H,13-16H2,(H,33,36). The van der Waals surface area contributed by atoms with Crippen LogP contribution in [0.1, 0.15) is 38.6 Å². The average molecular weight is 532 g/mol. The molecule has 0 atom stereocenters. The predicted octanol–water partition coefficient (Wildman–Crippen LogP) is 6.62. The zero-order valence-electron chi connectivity index (χ0n) is 19.4. The normalized spacial score (nSPS) is 11.6. The van der Waals surface area contributed by atoms with Gasteiger partial charge in [0.25, 0.3) is 5.91 Å². The molecule has 4 rings (SSSR count). The number of alkyl halides is 3. The highest BCUT2D eigenvalue weighted by Crippen LogP contribution is 2.30. The van der Waals surface area contributed by atoms with E-state index in [9.17, 15) is 22.4 Å².